The number of carbonyl (C=O) groups excluding carboxylic acids is 1. The minimum atomic E-state index is -1.27. The lowest BCUT2D eigenvalue weighted by Gasteiger charge is -2.15. The van der Waals surface area contributed by atoms with Gasteiger partial charge in [-0.1, -0.05) is 35.9 Å². The van der Waals surface area contributed by atoms with Crippen LogP contribution in [0.4, 0.5) is 8.78 Å². The molecule has 126 valence electrons. The molecule has 2 aromatic carbocycles. The predicted molar refractivity (Wildman–Crippen MR) is 84.8 cm³/mol. The van der Waals surface area contributed by atoms with Crippen LogP contribution in [0.3, 0.4) is 0 Å². The molecule has 0 aliphatic rings. The lowest BCUT2D eigenvalue weighted by molar-refractivity contribution is -0.141. The van der Waals surface area contributed by atoms with E-state index in [0.717, 1.165) is 12.1 Å². The van der Waals surface area contributed by atoms with Crippen molar-refractivity contribution in [3.05, 3.63) is 70.2 Å². The van der Waals surface area contributed by atoms with Crippen molar-refractivity contribution in [2.45, 2.75) is 18.9 Å². The Morgan fingerprint density at radius 1 is 1.08 bits per heavy atom. The Hall–Kier alpha value is -2.47. The Morgan fingerprint density at radius 3 is 2.29 bits per heavy atom. The van der Waals surface area contributed by atoms with Crippen LogP contribution in [0.1, 0.15) is 11.1 Å². The van der Waals surface area contributed by atoms with Gasteiger partial charge < -0.3 is 10.4 Å². The SMILES string of the molecule is O=C(Cc1c(F)cccc1F)N[C@H](Cc1ccccc1Cl)C(=O)O. The first-order chi connectivity index (χ1) is 11.4. The lowest BCUT2D eigenvalue weighted by atomic mass is 10.0. The molecular formula is C17H14ClF2NO3. The second kappa shape index (κ2) is 7.88. The van der Waals surface area contributed by atoms with Gasteiger partial charge in [0, 0.05) is 17.0 Å². The Bertz CT molecular complexity index is 747. The molecule has 4 nitrogen and oxygen atoms in total. The molecule has 2 rings (SSSR count). The third-order valence-corrected chi connectivity index (χ3v) is 3.78. The molecule has 0 bridgehead atoms. The zero-order valence-corrected chi connectivity index (χ0v) is 13.2. The van der Waals surface area contributed by atoms with Crippen LogP contribution < -0.4 is 5.32 Å². The molecule has 0 fully saturated rings. The van der Waals surface area contributed by atoms with Crippen molar-refractivity contribution in [2.24, 2.45) is 0 Å². The van der Waals surface area contributed by atoms with Crippen molar-refractivity contribution in [1.82, 2.24) is 5.32 Å². The first-order valence-corrected chi connectivity index (χ1v) is 7.44. The number of benzene rings is 2. The molecule has 0 heterocycles. The maximum absolute atomic E-state index is 13.6. The van der Waals surface area contributed by atoms with E-state index in [0.29, 0.717) is 10.6 Å². The van der Waals surface area contributed by atoms with Crippen molar-refractivity contribution in [2.75, 3.05) is 0 Å². The molecule has 0 saturated heterocycles. The predicted octanol–water partition coefficient (Wildman–Crippen LogP) is 2.97. The number of rotatable bonds is 6. The second-order valence-corrected chi connectivity index (χ2v) is 5.54. The van der Waals surface area contributed by atoms with Gasteiger partial charge in [-0.15, -0.1) is 0 Å². The highest BCUT2D eigenvalue weighted by Crippen LogP contribution is 2.17. The molecule has 0 aliphatic heterocycles. The van der Waals surface area contributed by atoms with E-state index in [4.69, 9.17) is 11.6 Å². The summed E-state index contributed by atoms with van der Waals surface area (Å²) in [7, 11) is 0. The summed E-state index contributed by atoms with van der Waals surface area (Å²) in [5.41, 5.74) is 0.140. The lowest BCUT2D eigenvalue weighted by Crippen LogP contribution is -2.43. The zero-order valence-electron chi connectivity index (χ0n) is 12.4. The van der Waals surface area contributed by atoms with E-state index in [1.54, 1.807) is 24.3 Å². The number of carboxylic acids is 1. The Labute approximate surface area is 142 Å². The molecule has 0 spiro atoms. The van der Waals surface area contributed by atoms with Crippen LogP contribution in [0.15, 0.2) is 42.5 Å². The van der Waals surface area contributed by atoms with Gasteiger partial charge in [0.05, 0.1) is 6.42 Å². The Kier molecular flexibility index (Phi) is 5.87. The van der Waals surface area contributed by atoms with Gasteiger partial charge in [-0.25, -0.2) is 13.6 Å². The van der Waals surface area contributed by atoms with Crippen molar-refractivity contribution in [3.63, 3.8) is 0 Å². The molecule has 24 heavy (non-hydrogen) atoms. The Morgan fingerprint density at radius 2 is 1.71 bits per heavy atom. The molecule has 0 saturated carbocycles. The molecule has 7 heteroatoms. The maximum Gasteiger partial charge on any atom is 0.326 e. The van der Waals surface area contributed by atoms with Gasteiger partial charge in [-0.3, -0.25) is 4.79 Å². The van der Waals surface area contributed by atoms with E-state index in [-0.39, 0.29) is 6.42 Å². The summed E-state index contributed by atoms with van der Waals surface area (Å²) in [5, 5.41) is 11.9. The fraction of sp³-hybridized carbons (Fsp3) is 0.176. The fourth-order valence-corrected chi connectivity index (χ4v) is 2.40. The van der Waals surface area contributed by atoms with Gasteiger partial charge in [-0.05, 0) is 23.8 Å². The van der Waals surface area contributed by atoms with Gasteiger partial charge in [0.1, 0.15) is 17.7 Å². The molecule has 0 aromatic heterocycles. The summed E-state index contributed by atoms with van der Waals surface area (Å²) < 4.78 is 27.1. The second-order valence-electron chi connectivity index (χ2n) is 5.13. The minimum Gasteiger partial charge on any atom is -0.480 e. The molecule has 0 radical (unpaired) electrons. The van der Waals surface area contributed by atoms with Crippen molar-refractivity contribution in [1.29, 1.82) is 0 Å². The van der Waals surface area contributed by atoms with E-state index in [9.17, 15) is 23.5 Å². The summed E-state index contributed by atoms with van der Waals surface area (Å²) >= 11 is 5.98. The highest BCUT2D eigenvalue weighted by atomic mass is 35.5. The van der Waals surface area contributed by atoms with Crippen LogP contribution in [0, 0.1) is 11.6 Å². The molecule has 0 aliphatic carbocycles. The third-order valence-electron chi connectivity index (χ3n) is 3.41. The van der Waals surface area contributed by atoms with Crippen molar-refractivity contribution >= 4 is 23.5 Å². The first-order valence-electron chi connectivity index (χ1n) is 7.07. The zero-order chi connectivity index (χ0) is 17.7. The van der Waals surface area contributed by atoms with Crippen LogP contribution in [-0.2, 0) is 22.4 Å². The highest BCUT2D eigenvalue weighted by Gasteiger charge is 2.22. The van der Waals surface area contributed by atoms with E-state index in [2.05, 4.69) is 5.32 Å². The standard InChI is InChI=1S/C17H14ClF2NO3/c18-12-5-2-1-4-10(12)8-15(17(23)24)21-16(22)9-11-13(19)6-3-7-14(11)20/h1-7,15H,8-9H2,(H,21,22)(H,23,24)/t15-/m1/s1. The van der Waals surface area contributed by atoms with Gasteiger partial charge >= 0.3 is 5.97 Å². The van der Waals surface area contributed by atoms with E-state index >= 15 is 0 Å². The van der Waals surface area contributed by atoms with Crippen LogP contribution in [-0.4, -0.2) is 23.0 Å². The summed E-state index contributed by atoms with van der Waals surface area (Å²) in [6, 6.07) is 8.62. The van der Waals surface area contributed by atoms with Gasteiger partial charge in [0.2, 0.25) is 5.91 Å². The van der Waals surface area contributed by atoms with Crippen LogP contribution in [0.25, 0.3) is 0 Å². The van der Waals surface area contributed by atoms with E-state index in [1.165, 1.54) is 6.07 Å². The average molecular weight is 354 g/mol. The average Bonchev–Trinajstić information content (AvgIpc) is 2.52. The number of halogens is 3. The summed E-state index contributed by atoms with van der Waals surface area (Å²) in [6.07, 6.45) is -0.634. The van der Waals surface area contributed by atoms with Gasteiger partial charge in [-0.2, -0.15) is 0 Å². The van der Waals surface area contributed by atoms with Gasteiger partial charge in [0.25, 0.3) is 0 Å². The molecule has 1 amide bonds. The van der Waals surface area contributed by atoms with Crippen LogP contribution in [0.2, 0.25) is 5.02 Å². The van der Waals surface area contributed by atoms with E-state index < -0.39 is 41.5 Å². The number of carboxylic acid groups (broad SMARTS) is 1. The van der Waals surface area contributed by atoms with Crippen LogP contribution in [0.5, 0.6) is 0 Å². The third kappa shape index (κ3) is 4.52. The highest BCUT2D eigenvalue weighted by molar-refractivity contribution is 6.31. The van der Waals surface area contributed by atoms with Crippen molar-refractivity contribution < 1.29 is 23.5 Å². The monoisotopic (exact) mass is 353 g/mol. The summed E-state index contributed by atoms with van der Waals surface area (Å²) in [5.74, 6) is -3.78. The number of amides is 1. The normalized spacial score (nSPS) is 11.8. The largest absolute Gasteiger partial charge is 0.480 e. The number of carbonyl (C=O) groups is 2. The number of hydrogen-bond donors (Lipinski definition) is 2. The molecule has 1 atom stereocenters. The molecular weight excluding hydrogens is 340 g/mol. The fourth-order valence-electron chi connectivity index (χ4n) is 2.19. The smallest absolute Gasteiger partial charge is 0.326 e. The quantitative estimate of drug-likeness (QED) is 0.839. The molecule has 2 N–H and O–H groups in total. The minimum absolute atomic E-state index is 0.0412. The number of nitrogens with one attached hydrogen (secondary N) is 1. The van der Waals surface area contributed by atoms with Crippen LogP contribution >= 0.6 is 11.6 Å². The first kappa shape index (κ1) is 17.9. The number of aliphatic carboxylic acids is 1. The number of hydrogen-bond acceptors (Lipinski definition) is 2. The molecule has 2 aromatic rings. The summed E-state index contributed by atoms with van der Waals surface area (Å²) in [6.45, 7) is 0. The topological polar surface area (TPSA) is 66.4 Å². The summed E-state index contributed by atoms with van der Waals surface area (Å²) in [4.78, 5) is 23.3. The molecule has 0 unspecified atom stereocenters. The van der Waals surface area contributed by atoms with Gasteiger partial charge in [0.15, 0.2) is 0 Å². The Balaban J connectivity index is 2.09. The van der Waals surface area contributed by atoms with E-state index in [1.807, 2.05) is 0 Å². The van der Waals surface area contributed by atoms with Crippen molar-refractivity contribution in [3.8, 4) is 0 Å². The maximum atomic E-state index is 13.6.